The SMILES string of the molecule is C#CC(C)(O)c1ccc(Oc2ccccc2Cl)cc1. The van der Waals surface area contributed by atoms with Crippen molar-refractivity contribution in [3.63, 3.8) is 0 Å². The van der Waals surface area contributed by atoms with Crippen LogP contribution in [0, 0.1) is 12.3 Å². The van der Waals surface area contributed by atoms with Crippen LogP contribution in [0.15, 0.2) is 48.5 Å². The number of rotatable bonds is 3. The van der Waals surface area contributed by atoms with Crippen LogP contribution in [-0.4, -0.2) is 5.11 Å². The fraction of sp³-hybridized carbons (Fsp3) is 0.125. The van der Waals surface area contributed by atoms with Gasteiger partial charge in [-0.2, -0.15) is 0 Å². The van der Waals surface area contributed by atoms with E-state index in [-0.39, 0.29) is 0 Å². The van der Waals surface area contributed by atoms with Crippen LogP contribution in [-0.2, 0) is 5.60 Å². The second kappa shape index (κ2) is 5.36. The van der Waals surface area contributed by atoms with Crippen molar-refractivity contribution < 1.29 is 9.84 Å². The molecule has 0 aromatic heterocycles. The third-order valence-electron chi connectivity index (χ3n) is 2.76. The molecule has 0 amide bonds. The fourth-order valence-corrected chi connectivity index (χ4v) is 1.76. The zero-order chi connectivity index (χ0) is 13.9. The van der Waals surface area contributed by atoms with Gasteiger partial charge in [0.2, 0.25) is 0 Å². The van der Waals surface area contributed by atoms with Crippen molar-refractivity contribution in [1.29, 1.82) is 0 Å². The maximum atomic E-state index is 9.92. The summed E-state index contributed by atoms with van der Waals surface area (Å²) in [6.45, 7) is 1.57. The normalized spacial score (nSPS) is 13.4. The second-order valence-electron chi connectivity index (χ2n) is 4.27. The van der Waals surface area contributed by atoms with Gasteiger partial charge in [0.15, 0.2) is 0 Å². The summed E-state index contributed by atoms with van der Waals surface area (Å²) < 4.78 is 5.65. The molecule has 0 spiro atoms. The Morgan fingerprint density at radius 1 is 1.16 bits per heavy atom. The van der Waals surface area contributed by atoms with Gasteiger partial charge < -0.3 is 9.84 Å². The largest absolute Gasteiger partial charge is 0.456 e. The average Bonchev–Trinajstić information content (AvgIpc) is 2.42. The van der Waals surface area contributed by atoms with Crippen molar-refractivity contribution >= 4 is 11.6 Å². The summed E-state index contributed by atoms with van der Waals surface area (Å²) >= 11 is 6.01. The monoisotopic (exact) mass is 272 g/mol. The van der Waals surface area contributed by atoms with Crippen molar-refractivity contribution in [3.05, 3.63) is 59.1 Å². The van der Waals surface area contributed by atoms with E-state index in [2.05, 4.69) is 5.92 Å². The molecular weight excluding hydrogens is 260 g/mol. The summed E-state index contributed by atoms with van der Waals surface area (Å²) in [5.74, 6) is 3.54. The number of para-hydroxylation sites is 1. The molecule has 1 N–H and O–H groups in total. The summed E-state index contributed by atoms with van der Waals surface area (Å²) in [6.07, 6.45) is 5.27. The van der Waals surface area contributed by atoms with Crippen LogP contribution in [0.25, 0.3) is 0 Å². The highest BCUT2D eigenvalue weighted by molar-refractivity contribution is 6.32. The fourth-order valence-electron chi connectivity index (χ4n) is 1.59. The molecule has 0 radical (unpaired) electrons. The van der Waals surface area contributed by atoms with Gasteiger partial charge in [0, 0.05) is 0 Å². The number of ether oxygens (including phenoxy) is 1. The first-order valence-corrected chi connectivity index (χ1v) is 6.14. The smallest absolute Gasteiger partial charge is 0.147 e. The lowest BCUT2D eigenvalue weighted by atomic mass is 9.97. The lowest BCUT2D eigenvalue weighted by Gasteiger charge is -2.17. The molecular formula is C16H13ClO2. The Kier molecular flexibility index (Phi) is 3.80. The first-order chi connectivity index (χ1) is 9.03. The van der Waals surface area contributed by atoms with Crippen molar-refractivity contribution in [2.24, 2.45) is 0 Å². The molecule has 0 aliphatic carbocycles. The second-order valence-corrected chi connectivity index (χ2v) is 4.68. The van der Waals surface area contributed by atoms with Gasteiger partial charge in [0.1, 0.15) is 17.1 Å². The van der Waals surface area contributed by atoms with Crippen molar-refractivity contribution in [1.82, 2.24) is 0 Å². The summed E-state index contributed by atoms with van der Waals surface area (Å²) in [4.78, 5) is 0. The first kappa shape index (κ1) is 13.5. The summed E-state index contributed by atoms with van der Waals surface area (Å²) in [5, 5.41) is 10.5. The first-order valence-electron chi connectivity index (χ1n) is 5.76. The van der Waals surface area contributed by atoms with Gasteiger partial charge in [0.05, 0.1) is 5.02 Å². The van der Waals surface area contributed by atoms with Crippen LogP contribution < -0.4 is 4.74 Å². The van der Waals surface area contributed by atoms with E-state index < -0.39 is 5.60 Å². The van der Waals surface area contributed by atoms with Gasteiger partial charge >= 0.3 is 0 Å². The van der Waals surface area contributed by atoms with Gasteiger partial charge in [-0.05, 0) is 36.8 Å². The van der Waals surface area contributed by atoms with Crippen LogP contribution in [0.5, 0.6) is 11.5 Å². The molecule has 0 bridgehead atoms. The summed E-state index contributed by atoms with van der Waals surface area (Å²) in [6, 6.07) is 14.2. The Bertz CT molecular complexity index is 609. The molecule has 2 aromatic carbocycles. The molecule has 3 heteroatoms. The van der Waals surface area contributed by atoms with Crippen LogP contribution >= 0.6 is 11.6 Å². The zero-order valence-electron chi connectivity index (χ0n) is 10.4. The molecule has 0 saturated carbocycles. The van der Waals surface area contributed by atoms with Crippen molar-refractivity contribution in [2.45, 2.75) is 12.5 Å². The Balaban J connectivity index is 2.21. The highest BCUT2D eigenvalue weighted by atomic mass is 35.5. The number of benzene rings is 2. The Labute approximate surface area is 117 Å². The third kappa shape index (κ3) is 3.08. The van der Waals surface area contributed by atoms with E-state index in [9.17, 15) is 5.11 Å². The van der Waals surface area contributed by atoms with E-state index in [1.165, 1.54) is 0 Å². The number of halogens is 1. The number of hydrogen-bond acceptors (Lipinski definition) is 2. The van der Waals surface area contributed by atoms with Crippen LogP contribution in [0.4, 0.5) is 0 Å². The quantitative estimate of drug-likeness (QED) is 0.857. The van der Waals surface area contributed by atoms with E-state index in [4.69, 9.17) is 22.8 Å². The maximum Gasteiger partial charge on any atom is 0.147 e. The van der Waals surface area contributed by atoms with E-state index in [1.54, 1.807) is 43.3 Å². The van der Waals surface area contributed by atoms with Gasteiger partial charge in [-0.15, -0.1) is 6.42 Å². The average molecular weight is 273 g/mol. The lowest BCUT2D eigenvalue weighted by Crippen LogP contribution is -2.17. The van der Waals surface area contributed by atoms with E-state index in [0.29, 0.717) is 22.1 Å². The number of hydrogen-bond donors (Lipinski definition) is 1. The summed E-state index contributed by atoms with van der Waals surface area (Å²) in [7, 11) is 0. The van der Waals surface area contributed by atoms with Crippen molar-refractivity contribution in [2.75, 3.05) is 0 Å². The standard InChI is InChI=1S/C16H13ClO2/c1-3-16(2,18)12-8-10-13(11-9-12)19-15-7-5-4-6-14(15)17/h1,4-11,18H,2H3. The molecule has 19 heavy (non-hydrogen) atoms. The van der Waals surface area contributed by atoms with E-state index >= 15 is 0 Å². The maximum absolute atomic E-state index is 9.92. The van der Waals surface area contributed by atoms with Gasteiger partial charge in [-0.25, -0.2) is 0 Å². The Hall–Kier alpha value is -1.95. The van der Waals surface area contributed by atoms with Crippen LogP contribution in [0.3, 0.4) is 0 Å². The minimum Gasteiger partial charge on any atom is -0.456 e. The molecule has 0 aliphatic rings. The molecule has 0 heterocycles. The predicted octanol–water partition coefficient (Wildman–Crippen LogP) is 3.97. The molecule has 2 nitrogen and oxygen atoms in total. The van der Waals surface area contributed by atoms with Crippen LogP contribution in [0.2, 0.25) is 5.02 Å². The molecule has 0 saturated heterocycles. The molecule has 0 fully saturated rings. The zero-order valence-corrected chi connectivity index (χ0v) is 11.2. The number of aliphatic hydroxyl groups is 1. The minimum atomic E-state index is -1.27. The highest BCUT2D eigenvalue weighted by Crippen LogP contribution is 2.30. The number of terminal acetylenes is 1. The Morgan fingerprint density at radius 2 is 1.79 bits per heavy atom. The van der Waals surface area contributed by atoms with Gasteiger partial charge in [0.25, 0.3) is 0 Å². The van der Waals surface area contributed by atoms with E-state index in [1.807, 2.05) is 12.1 Å². The van der Waals surface area contributed by atoms with Crippen LogP contribution in [0.1, 0.15) is 12.5 Å². The van der Waals surface area contributed by atoms with Gasteiger partial charge in [-0.1, -0.05) is 41.8 Å². The predicted molar refractivity (Wildman–Crippen MR) is 76.4 cm³/mol. The molecule has 2 rings (SSSR count). The Morgan fingerprint density at radius 3 is 2.37 bits per heavy atom. The highest BCUT2D eigenvalue weighted by Gasteiger charge is 2.19. The summed E-state index contributed by atoms with van der Waals surface area (Å²) in [5.41, 5.74) is -0.635. The van der Waals surface area contributed by atoms with Crippen molar-refractivity contribution in [3.8, 4) is 23.8 Å². The van der Waals surface area contributed by atoms with Gasteiger partial charge in [-0.3, -0.25) is 0 Å². The minimum absolute atomic E-state index is 0.544. The molecule has 1 atom stereocenters. The van der Waals surface area contributed by atoms with E-state index in [0.717, 1.165) is 0 Å². The lowest BCUT2D eigenvalue weighted by molar-refractivity contribution is 0.122. The molecule has 2 aromatic rings. The topological polar surface area (TPSA) is 29.5 Å². The third-order valence-corrected chi connectivity index (χ3v) is 3.07. The molecule has 0 aliphatic heterocycles. The molecule has 1 unspecified atom stereocenters. The molecule has 96 valence electrons.